The van der Waals surface area contributed by atoms with Gasteiger partial charge in [-0.1, -0.05) is 42.3 Å². The lowest BCUT2D eigenvalue weighted by atomic mass is 10.1. The molecule has 1 amide bonds. The SMILES string of the molecule is C#Cc1cccc(NC(=O)Cc2ccccc2)c1. The number of benzene rings is 2. The van der Waals surface area contributed by atoms with E-state index in [4.69, 9.17) is 6.42 Å². The van der Waals surface area contributed by atoms with Gasteiger partial charge in [0, 0.05) is 11.3 Å². The van der Waals surface area contributed by atoms with Crippen LogP contribution in [0.5, 0.6) is 0 Å². The molecule has 0 saturated carbocycles. The standard InChI is InChI=1S/C16H13NO/c1-2-13-9-6-10-15(11-13)17-16(18)12-14-7-4-3-5-8-14/h1,3-11H,12H2,(H,17,18). The van der Waals surface area contributed by atoms with E-state index in [-0.39, 0.29) is 5.91 Å². The molecule has 2 aromatic rings. The Hall–Kier alpha value is -2.53. The highest BCUT2D eigenvalue weighted by Gasteiger charge is 2.03. The number of anilines is 1. The molecule has 0 fully saturated rings. The van der Waals surface area contributed by atoms with E-state index in [9.17, 15) is 4.79 Å². The van der Waals surface area contributed by atoms with E-state index >= 15 is 0 Å². The van der Waals surface area contributed by atoms with Crippen molar-refractivity contribution in [3.63, 3.8) is 0 Å². The Morgan fingerprint density at radius 2 is 1.89 bits per heavy atom. The summed E-state index contributed by atoms with van der Waals surface area (Å²) >= 11 is 0. The van der Waals surface area contributed by atoms with Gasteiger partial charge < -0.3 is 5.32 Å². The van der Waals surface area contributed by atoms with Crippen molar-refractivity contribution in [2.45, 2.75) is 6.42 Å². The Morgan fingerprint density at radius 1 is 1.11 bits per heavy atom. The molecule has 0 spiro atoms. The highest BCUT2D eigenvalue weighted by atomic mass is 16.1. The zero-order chi connectivity index (χ0) is 12.8. The summed E-state index contributed by atoms with van der Waals surface area (Å²) in [6.07, 6.45) is 5.67. The Bertz CT molecular complexity index is 582. The van der Waals surface area contributed by atoms with E-state index in [2.05, 4.69) is 11.2 Å². The third kappa shape index (κ3) is 3.23. The maximum absolute atomic E-state index is 11.8. The van der Waals surface area contributed by atoms with Gasteiger partial charge in [0.25, 0.3) is 0 Å². The summed E-state index contributed by atoms with van der Waals surface area (Å²) in [6.45, 7) is 0. The van der Waals surface area contributed by atoms with E-state index < -0.39 is 0 Å². The van der Waals surface area contributed by atoms with Crippen molar-refractivity contribution in [2.24, 2.45) is 0 Å². The quantitative estimate of drug-likeness (QED) is 0.814. The first-order chi connectivity index (χ1) is 8.78. The first-order valence-electron chi connectivity index (χ1n) is 5.68. The van der Waals surface area contributed by atoms with Crippen LogP contribution in [0, 0.1) is 12.3 Å². The summed E-state index contributed by atoms with van der Waals surface area (Å²) in [7, 11) is 0. The fourth-order valence-electron chi connectivity index (χ4n) is 1.67. The average molecular weight is 235 g/mol. The second-order valence-electron chi connectivity index (χ2n) is 3.94. The second-order valence-corrected chi connectivity index (χ2v) is 3.94. The van der Waals surface area contributed by atoms with Crippen molar-refractivity contribution in [1.82, 2.24) is 0 Å². The van der Waals surface area contributed by atoms with Gasteiger partial charge in [0.1, 0.15) is 0 Å². The molecule has 0 aromatic heterocycles. The monoisotopic (exact) mass is 235 g/mol. The predicted octanol–water partition coefficient (Wildman–Crippen LogP) is 2.85. The van der Waals surface area contributed by atoms with Gasteiger partial charge in [0.15, 0.2) is 0 Å². The molecule has 0 unspecified atom stereocenters. The molecular formula is C16H13NO. The molecule has 1 N–H and O–H groups in total. The van der Waals surface area contributed by atoms with Gasteiger partial charge in [-0.25, -0.2) is 0 Å². The minimum atomic E-state index is -0.0460. The third-order valence-electron chi connectivity index (χ3n) is 2.52. The summed E-state index contributed by atoms with van der Waals surface area (Å²) in [5.74, 6) is 2.49. The minimum absolute atomic E-state index is 0.0460. The van der Waals surface area contributed by atoms with Crippen LogP contribution in [0.25, 0.3) is 0 Å². The van der Waals surface area contributed by atoms with Crippen LogP contribution in [-0.2, 0) is 11.2 Å². The Morgan fingerprint density at radius 3 is 2.61 bits per heavy atom. The number of carbonyl (C=O) groups is 1. The van der Waals surface area contributed by atoms with Crippen LogP contribution in [-0.4, -0.2) is 5.91 Å². The lowest BCUT2D eigenvalue weighted by Gasteiger charge is -2.05. The zero-order valence-corrected chi connectivity index (χ0v) is 9.89. The smallest absolute Gasteiger partial charge is 0.228 e. The van der Waals surface area contributed by atoms with E-state index in [0.29, 0.717) is 6.42 Å². The number of carbonyl (C=O) groups excluding carboxylic acids is 1. The van der Waals surface area contributed by atoms with Gasteiger partial charge in [0.2, 0.25) is 5.91 Å². The normalized spacial score (nSPS) is 9.50. The van der Waals surface area contributed by atoms with Crippen LogP contribution in [0.15, 0.2) is 54.6 Å². The molecule has 0 aliphatic heterocycles. The van der Waals surface area contributed by atoms with Crippen molar-refractivity contribution < 1.29 is 4.79 Å². The molecule has 0 atom stereocenters. The van der Waals surface area contributed by atoms with Crippen LogP contribution in [0.4, 0.5) is 5.69 Å². The zero-order valence-electron chi connectivity index (χ0n) is 9.89. The molecule has 88 valence electrons. The summed E-state index contributed by atoms with van der Waals surface area (Å²) in [4.78, 5) is 11.8. The Labute approximate surface area is 107 Å². The van der Waals surface area contributed by atoms with E-state index in [1.807, 2.05) is 48.5 Å². The van der Waals surface area contributed by atoms with Crippen molar-refractivity contribution >= 4 is 11.6 Å². The van der Waals surface area contributed by atoms with Crippen molar-refractivity contribution in [1.29, 1.82) is 0 Å². The molecule has 0 saturated heterocycles. The largest absolute Gasteiger partial charge is 0.326 e. The van der Waals surface area contributed by atoms with E-state index in [1.54, 1.807) is 6.07 Å². The fourth-order valence-corrected chi connectivity index (χ4v) is 1.67. The number of terminal acetylenes is 1. The van der Waals surface area contributed by atoms with Crippen LogP contribution in [0.3, 0.4) is 0 Å². The number of rotatable bonds is 3. The highest BCUT2D eigenvalue weighted by molar-refractivity contribution is 5.92. The van der Waals surface area contributed by atoms with Crippen molar-refractivity contribution in [3.8, 4) is 12.3 Å². The second kappa shape index (κ2) is 5.70. The lowest BCUT2D eigenvalue weighted by molar-refractivity contribution is -0.115. The third-order valence-corrected chi connectivity index (χ3v) is 2.52. The topological polar surface area (TPSA) is 29.1 Å². The van der Waals surface area contributed by atoms with Gasteiger partial charge in [-0.3, -0.25) is 4.79 Å². The maximum Gasteiger partial charge on any atom is 0.228 e. The van der Waals surface area contributed by atoms with Gasteiger partial charge in [-0.05, 0) is 23.8 Å². The van der Waals surface area contributed by atoms with Gasteiger partial charge in [-0.2, -0.15) is 0 Å². The molecule has 2 heteroatoms. The van der Waals surface area contributed by atoms with E-state index in [1.165, 1.54) is 0 Å². The summed E-state index contributed by atoms with van der Waals surface area (Å²) < 4.78 is 0. The number of amides is 1. The molecular weight excluding hydrogens is 222 g/mol. The highest BCUT2D eigenvalue weighted by Crippen LogP contribution is 2.10. The molecule has 2 aromatic carbocycles. The molecule has 2 nitrogen and oxygen atoms in total. The number of hydrogen-bond acceptors (Lipinski definition) is 1. The minimum Gasteiger partial charge on any atom is -0.326 e. The molecule has 0 aliphatic carbocycles. The first-order valence-corrected chi connectivity index (χ1v) is 5.68. The van der Waals surface area contributed by atoms with Crippen LogP contribution >= 0.6 is 0 Å². The molecule has 18 heavy (non-hydrogen) atoms. The van der Waals surface area contributed by atoms with Gasteiger partial charge in [-0.15, -0.1) is 6.42 Å². The van der Waals surface area contributed by atoms with Gasteiger partial charge in [0.05, 0.1) is 6.42 Å². The lowest BCUT2D eigenvalue weighted by Crippen LogP contribution is -2.14. The molecule has 0 bridgehead atoms. The van der Waals surface area contributed by atoms with Crippen LogP contribution in [0.2, 0.25) is 0 Å². The van der Waals surface area contributed by atoms with Crippen LogP contribution < -0.4 is 5.32 Å². The summed E-state index contributed by atoms with van der Waals surface area (Å²) in [5, 5.41) is 2.83. The molecule has 0 heterocycles. The van der Waals surface area contributed by atoms with Crippen molar-refractivity contribution in [3.05, 3.63) is 65.7 Å². The van der Waals surface area contributed by atoms with Crippen molar-refractivity contribution in [2.75, 3.05) is 5.32 Å². The Kier molecular flexibility index (Phi) is 3.78. The van der Waals surface area contributed by atoms with E-state index in [0.717, 1.165) is 16.8 Å². The van der Waals surface area contributed by atoms with Gasteiger partial charge >= 0.3 is 0 Å². The average Bonchev–Trinajstić information content (AvgIpc) is 2.40. The molecule has 2 rings (SSSR count). The number of nitrogens with one attached hydrogen (secondary N) is 1. The first kappa shape index (κ1) is 11.9. The number of hydrogen-bond donors (Lipinski definition) is 1. The Balaban J connectivity index is 2.01. The summed E-state index contributed by atoms with van der Waals surface area (Å²) in [5.41, 5.74) is 2.47. The molecule has 0 aliphatic rings. The maximum atomic E-state index is 11.8. The fraction of sp³-hybridized carbons (Fsp3) is 0.0625. The predicted molar refractivity (Wildman–Crippen MR) is 73.2 cm³/mol. The summed E-state index contributed by atoms with van der Waals surface area (Å²) in [6, 6.07) is 16.9. The molecule has 0 radical (unpaired) electrons. The van der Waals surface area contributed by atoms with Crippen LogP contribution in [0.1, 0.15) is 11.1 Å².